The Morgan fingerprint density at radius 2 is 1.56 bits per heavy atom. The predicted octanol–water partition coefficient (Wildman–Crippen LogP) is 11.2. The van der Waals surface area contributed by atoms with Gasteiger partial charge in [0, 0.05) is 31.4 Å². The molecule has 3 nitrogen and oxygen atoms in total. The van der Waals surface area contributed by atoms with E-state index in [2.05, 4.69) is 119 Å². The van der Waals surface area contributed by atoms with Crippen LogP contribution in [0.25, 0.3) is 44.0 Å². The second-order valence-electron chi connectivity index (χ2n) is 13.5. The number of nitrogens with zero attached hydrogens (tertiary/aromatic N) is 2. The van der Waals surface area contributed by atoms with Gasteiger partial charge in [-0.15, -0.1) is 18.2 Å². The summed E-state index contributed by atoms with van der Waals surface area (Å²) in [6.45, 7) is -2.08. The van der Waals surface area contributed by atoms with Crippen LogP contribution in [0.4, 0.5) is 5.69 Å². The first-order valence-electron chi connectivity index (χ1n) is 18.0. The van der Waals surface area contributed by atoms with Gasteiger partial charge in [-0.1, -0.05) is 89.8 Å². The molecule has 0 saturated heterocycles. The molecule has 0 fully saturated rings. The van der Waals surface area contributed by atoms with E-state index in [1.807, 2.05) is 36.5 Å². The monoisotopic (exact) mass is 890 g/mol. The van der Waals surface area contributed by atoms with Crippen LogP contribution in [-0.2, 0) is 20.1 Å². The number of aliphatic imine (C=N–C) groups is 1. The van der Waals surface area contributed by atoms with Gasteiger partial charge in [0.2, 0.25) is 0 Å². The SMILES string of the molecule is [2H]C([2H])([2H])c1c[c-]c(-c2cc[c]([Ge]([CH3])([CH3])[CH3])cn2)cc1.[Ir].[c-]1ccc2c(oc3ccccc32)c1C1=Nc2ccccc2C1c1ccc2ccccc2c1. The fourth-order valence-corrected chi connectivity index (χ4v) is 8.73. The molecule has 50 heavy (non-hydrogen) atoms. The van der Waals surface area contributed by atoms with Crippen molar-refractivity contribution in [1.29, 1.82) is 0 Å². The average molecular weight is 889 g/mol. The Balaban J connectivity index is 0.000000180. The fraction of sp³-hybridized carbons (Fsp3) is 0.111. The van der Waals surface area contributed by atoms with Gasteiger partial charge in [-0.3, -0.25) is 4.99 Å². The van der Waals surface area contributed by atoms with Gasteiger partial charge in [-0.25, -0.2) is 0 Å². The molecule has 1 radical (unpaired) electrons. The summed E-state index contributed by atoms with van der Waals surface area (Å²) in [5.41, 5.74) is 9.10. The fourth-order valence-electron chi connectivity index (χ4n) is 6.56. The van der Waals surface area contributed by atoms with Crippen molar-refractivity contribution in [2.75, 3.05) is 0 Å². The van der Waals surface area contributed by atoms with Gasteiger partial charge in [0.25, 0.3) is 0 Å². The molecule has 0 saturated carbocycles. The first-order chi connectivity index (χ1) is 25.0. The van der Waals surface area contributed by atoms with Crippen LogP contribution >= 0.6 is 0 Å². The van der Waals surface area contributed by atoms with E-state index in [9.17, 15) is 0 Å². The number of aromatic nitrogens is 1. The van der Waals surface area contributed by atoms with E-state index in [0.717, 1.165) is 50.2 Å². The second kappa shape index (κ2) is 14.0. The number of aryl methyl sites for hydroxylation is 1. The summed E-state index contributed by atoms with van der Waals surface area (Å²) < 4.78 is 29.7. The van der Waals surface area contributed by atoms with Crippen molar-refractivity contribution in [3.05, 3.63) is 174 Å². The summed E-state index contributed by atoms with van der Waals surface area (Å²) in [6, 6.07) is 51.4. The standard InChI is InChI=1S/C30H18NO.C15H18GeN.Ir/c1-2-9-20-18-21(17-16-19(20)8-1)28-24-11-3-5-14-26(24)31-29(28)25-13-7-12-23-22-10-4-6-15-27(22)32-30(23)25;1-12-5-7-13(8-6-12)15-10-9-14(11-17-15)16(2,3)4;/h1-12,14-18,28H;5-7,9-11H,1-4H3;/q2*-1;/i;1D3;. The summed E-state index contributed by atoms with van der Waals surface area (Å²) in [6.07, 6.45) is 1.95. The maximum Gasteiger partial charge on any atom is 0.120 e. The van der Waals surface area contributed by atoms with Crippen molar-refractivity contribution < 1.29 is 28.6 Å². The van der Waals surface area contributed by atoms with E-state index < -0.39 is 20.1 Å². The van der Waals surface area contributed by atoms with Crippen molar-refractivity contribution in [3.63, 3.8) is 0 Å². The smallest absolute Gasteiger partial charge is 0.120 e. The van der Waals surface area contributed by atoms with Crippen LogP contribution in [0.1, 0.15) is 32.3 Å². The van der Waals surface area contributed by atoms with Gasteiger partial charge in [-0.05, 0) is 39.7 Å². The second-order valence-corrected chi connectivity index (χ2v) is 24.1. The predicted molar refractivity (Wildman–Crippen MR) is 207 cm³/mol. The molecule has 0 aliphatic carbocycles. The summed E-state index contributed by atoms with van der Waals surface area (Å²) in [5.74, 6) is 7.02. The van der Waals surface area contributed by atoms with Gasteiger partial charge in [0.05, 0.1) is 11.3 Å². The van der Waals surface area contributed by atoms with Crippen LogP contribution in [-0.4, -0.2) is 24.0 Å². The number of furan rings is 1. The molecule has 6 aromatic carbocycles. The summed E-state index contributed by atoms with van der Waals surface area (Å²) in [4.78, 5) is 9.59. The number of hydrogen-bond acceptors (Lipinski definition) is 3. The molecule has 247 valence electrons. The quantitative estimate of drug-likeness (QED) is 0.130. The third-order valence-electron chi connectivity index (χ3n) is 9.18. The first kappa shape index (κ1) is 30.2. The molecule has 1 unspecified atom stereocenters. The first-order valence-corrected chi connectivity index (χ1v) is 23.9. The topological polar surface area (TPSA) is 38.4 Å². The van der Waals surface area contributed by atoms with Gasteiger partial charge in [-0.2, -0.15) is 0 Å². The van der Waals surface area contributed by atoms with Crippen molar-refractivity contribution in [2.45, 2.75) is 30.0 Å². The Kier molecular flexibility index (Phi) is 8.44. The van der Waals surface area contributed by atoms with E-state index >= 15 is 0 Å². The number of para-hydroxylation sites is 2. The Hall–Kier alpha value is -4.61. The molecular weight excluding hydrogens is 849 g/mol. The maximum absolute atomic E-state index is 7.35. The van der Waals surface area contributed by atoms with Crippen molar-refractivity contribution in [2.24, 2.45) is 4.99 Å². The largest absolute Gasteiger partial charge is 0.501 e. The van der Waals surface area contributed by atoms with Gasteiger partial charge in [0.1, 0.15) is 5.58 Å². The van der Waals surface area contributed by atoms with Crippen molar-refractivity contribution in [3.8, 4) is 11.3 Å². The van der Waals surface area contributed by atoms with Gasteiger partial charge >= 0.3 is 110 Å². The molecule has 0 amide bonds. The summed E-state index contributed by atoms with van der Waals surface area (Å²) >= 11 is -1.83. The van der Waals surface area contributed by atoms with Crippen LogP contribution in [0.2, 0.25) is 17.3 Å². The normalized spacial score (nSPS) is 14.9. The molecule has 9 rings (SSSR count). The average Bonchev–Trinajstić information content (AvgIpc) is 3.73. The minimum atomic E-state index is -2.08. The molecule has 1 aliphatic rings. The Labute approximate surface area is 314 Å². The Morgan fingerprint density at radius 1 is 0.760 bits per heavy atom. The summed E-state index contributed by atoms with van der Waals surface area (Å²) in [5, 5.41) is 4.70. The van der Waals surface area contributed by atoms with Crippen LogP contribution in [0.5, 0.6) is 0 Å². The number of hydrogen-bond donors (Lipinski definition) is 0. The van der Waals surface area contributed by atoms with Gasteiger partial charge in [0.15, 0.2) is 0 Å². The van der Waals surface area contributed by atoms with Crippen LogP contribution < -0.4 is 4.40 Å². The summed E-state index contributed by atoms with van der Waals surface area (Å²) in [7, 11) is 0. The molecule has 0 spiro atoms. The van der Waals surface area contributed by atoms with Crippen molar-refractivity contribution >= 4 is 61.8 Å². The van der Waals surface area contributed by atoms with E-state index in [1.54, 1.807) is 12.1 Å². The zero-order chi connectivity index (χ0) is 36.0. The Morgan fingerprint density at radius 3 is 2.34 bits per heavy atom. The van der Waals surface area contributed by atoms with E-state index in [0.29, 0.717) is 5.56 Å². The third-order valence-corrected chi connectivity index (χ3v) is 13.4. The number of pyridine rings is 1. The van der Waals surface area contributed by atoms with E-state index in [-0.39, 0.29) is 26.0 Å². The molecule has 1 atom stereocenters. The Bertz CT molecular complexity index is 2550. The minimum Gasteiger partial charge on any atom is -0.501 e. The molecular formula is C45H36GeIrN2O-2. The van der Waals surface area contributed by atoms with Gasteiger partial charge < -0.3 is 4.42 Å². The molecule has 0 bridgehead atoms. The van der Waals surface area contributed by atoms with E-state index in [1.165, 1.54) is 32.4 Å². The third kappa shape index (κ3) is 6.52. The minimum absolute atomic E-state index is 0. The molecule has 8 aromatic rings. The van der Waals surface area contributed by atoms with Crippen LogP contribution in [0, 0.1) is 19.0 Å². The number of rotatable bonds is 4. The van der Waals surface area contributed by atoms with Crippen LogP contribution in [0.15, 0.2) is 149 Å². The molecule has 2 aromatic heterocycles. The molecule has 5 heteroatoms. The number of fused-ring (bicyclic) bond motifs is 5. The zero-order valence-electron chi connectivity index (χ0n) is 31.0. The van der Waals surface area contributed by atoms with Crippen molar-refractivity contribution in [1.82, 2.24) is 4.98 Å². The molecule has 3 heterocycles. The van der Waals surface area contributed by atoms with E-state index in [4.69, 9.17) is 13.5 Å². The zero-order valence-corrected chi connectivity index (χ0v) is 32.5. The molecule has 0 N–H and O–H groups in total. The maximum atomic E-state index is 7.35. The molecule has 1 aliphatic heterocycles. The van der Waals surface area contributed by atoms with Crippen LogP contribution in [0.3, 0.4) is 0 Å². The number of benzene rings is 6.